The highest BCUT2D eigenvalue weighted by Gasteiger charge is 2.38. The Morgan fingerprint density at radius 2 is 2.38 bits per heavy atom. The molecule has 0 radical (unpaired) electrons. The summed E-state index contributed by atoms with van der Waals surface area (Å²) in [5, 5.41) is 8.76. The van der Waals surface area contributed by atoms with E-state index in [1.54, 1.807) is 0 Å². The van der Waals surface area contributed by atoms with Crippen LogP contribution in [0.3, 0.4) is 0 Å². The third-order valence-corrected chi connectivity index (χ3v) is 2.41. The minimum Gasteiger partial charge on any atom is -0.396 e. The minimum atomic E-state index is -0.392. The van der Waals surface area contributed by atoms with Crippen LogP contribution >= 0.6 is 0 Å². The highest BCUT2D eigenvalue weighted by molar-refractivity contribution is 4.79. The molecule has 0 spiro atoms. The fourth-order valence-corrected chi connectivity index (χ4v) is 1.90. The number of aliphatic hydroxyl groups excluding tert-OH is 1. The third-order valence-electron chi connectivity index (χ3n) is 2.41. The molecule has 1 rings (SSSR count). The predicted molar refractivity (Wildman–Crippen MR) is 50.4 cm³/mol. The van der Waals surface area contributed by atoms with Gasteiger partial charge < -0.3 is 14.6 Å². The molecule has 0 aromatic carbocycles. The first-order valence-corrected chi connectivity index (χ1v) is 5.11. The molecule has 2 atom stereocenters. The van der Waals surface area contributed by atoms with E-state index in [2.05, 4.69) is 6.92 Å². The Kier molecular flexibility index (Phi) is 4.16. The van der Waals surface area contributed by atoms with Crippen LogP contribution in [0.25, 0.3) is 0 Å². The van der Waals surface area contributed by atoms with Gasteiger partial charge in [-0.3, -0.25) is 0 Å². The normalized spacial score (nSPS) is 33.9. The predicted octanol–water partition coefficient (Wildman–Crippen LogP) is 1.55. The van der Waals surface area contributed by atoms with Gasteiger partial charge in [-0.2, -0.15) is 0 Å². The van der Waals surface area contributed by atoms with Gasteiger partial charge in [0.25, 0.3) is 0 Å². The topological polar surface area (TPSA) is 38.7 Å². The maximum absolute atomic E-state index is 8.76. The molecule has 1 heterocycles. The van der Waals surface area contributed by atoms with Gasteiger partial charge >= 0.3 is 0 Å². The monoisotopic (exact) mass is 188 g/mol. The molecule has 1 N–H and O–H groups in total. The van der Waals surface area contributed by atoms with Crippen LogP contribution in [-0.2, 0) is 9.47 Å². The fourth-order valence-electron chi connectivity index (χ4n) is 1.90. The van der Waals surface area contributed by atoms with Crippen LogP contribution in [0.2, 0.25) is 0 Å². The summed E-state index contributed by atoms with van der Waals surface area (Å²) in [6.07, 6.45) is 2.52. The van der Waals surface area contributed by atoms with Crippen molar-refractivity contribution < 1.29 is 14.6 Å². The molecule has 0 aliphatic carbocycles. The zero-order valence-electron chi connectivity index (χ0n) is 8.58. The zero-order chi connectivity index (χ0) is 9.73. The average Bonchev–Trinajstić information content (AvgIpc) is 2.46. The first-order chi connectivity index (χ1) is 6.22. The number of aliphatic hydroxyl groups is 1. The Morgan fingerprint density at radius 3 is 2.85 bits per heavy atom. The van der Waals surface area contributed by atoms with Gasteiger partial charge in [0.15, 0.2) is 5.79 Å². The van der Waals surface area contributed by atoms with Crippen molar-refractivity contribution in [1.82, 2.24) is 0 Å². The van der Waals surface area contributed by atoms with Crippen LogP contribution in [0.5, 0.6) is 0 Å². The maximum Gasteiger partial charge on any atom is 0.168 e. The summed E-state index contributed by atoms with van der Waals surface area (Å²) in [5.74, 6) is 0.182. The van der Waals surface area contributed by atoms with Crippen molar-refractivity contribution >= 4 is 0 Å². The van der Waals surface area contributed by atoms with E-state index in [0.29, 0.717) is 12.5 Å². The molecule has 0 saturated carbocycles. The first-order valence-electron chi connectivity index (χ1n) is 5.11. The molecule has 13 heavy (non-hydrogen) atoms. The van der Waals surface area contributed by atoms with Gasteiger partial charge in [0.05, 0.1) is 6.61 Å². The van der Waals surface area contributed by atoms with Gasteiger partial charge in [-0.05, 0) is 19.3 Å². The summed E-state index contributed by atoms with van der Waals surface area (Å²) in [6.45, 7) is 5.82. The first kappa shape index (κ1) is 11.0. The molecular weight excluding hydrogens is 168 g/mol. The van der Waals surface area contributed by atoms with Crippen molar-refractivity contribution in [3.05, 3.63) is 0 Å². The van der Waals surface area contributed by atoms with Gasteiger partial charge in [-0.15, -0.1) is 0 Å². The number of rotatable bonds is 5. The molecule has 1 aliphatic rings. The van der Waals surface area contributed by atoms with E-state index in [1.807, 2.05) is 6.92 Å². The van der Waals surface area contributed by atoms with Crippen LogP contribution in [0.4, 0.5) is 0 Å². The second-order valence-corrected chi connectivity index (χ2v) is 3.79. The van der Waals surface area contributed by atoms with E-state index >= 15 is 0 Å². The molecule has 0 amide bonds. The van der Waals surface area contributed by atoms with Gasteiger partial charge in [-0.25, -0.2) is 0 Å². The lowest BCUT2D eigenvalue weighted by molar-refractivity contribution is -0.212. The highest BCUT2D eigenvalue weighted by atomic mass is 16.7. The third kappa shape index (κ3) is 2.93. The quantitative estimate of drug-likeness (QED) is 0.711. The SMILES string of the molecule is CCOC1(CCCO)CC(C)CO1. The molecule has 1 aliphatic heterocycles. The lowest BCUT2D eigenvalue weighted by Gasteiger charge is -2.27. The van der Waals surface area contributed by atoms with Gasteiger partial charge in [0, 0.05) is 26.1 Å². The zero-order valence-corrected chi connectivity index (χ0v) is 8.58. The van der Waals surface area contributed by atoms with Crippen molar-refractivity contribution in [2.24, 2.45) is 5.92 Å². The summed E-state index contributed by atoms with van der Waals surface area (Å²) < 4.78 is 11.3. The number of ether oxygens (including phenoxy) is 2. The molecule has 1 saturated heterocycles. The maximum atomic E-state index is 8.76. The van der Waals surface area contributed by atoms with Crippen LogP contribution in [0, 0.1) is 5.92 Å². The van der Waals surface area contributed by atoms with Crippen molar-refractivity contribution in [3.63, 3.8) is 0 Å². The molecule has 3 heteroatoms. The van der Waals surface area contributed by atoms with Crippen LogP contribution in [0.15, 0.2) is 0 Å². The van der Waals surface area contributed by atoms with E-state index in [1.165, 1.54) is 0 Å². The van der Waals surface area contributed by atoms with Crippen LogP contribution in [-0.4, -0.2) is 30.7 Å². The largest absolute Gasteiger partial charge is 0.396 e. The molecular formula is C10H20O3. The minimum absolute atomic E-state index is 0.215. The van der Waals surface area contributed by atoms with Gasteiger partial charge in [0.2, 0.25) is 0 Å². The van der Waals surface area contributed by atoms with E-state index in [9.17, 15) is 0 Å². The lowest BCUT2D eigenvalue weighted by atomic mass is 10.0. The molecule has 0 bridgehead atoms. The van der Waals surface area contributed by atoms with Gasteiger partial charge in [-0.1, -0.05) is 6.92 Å². The van der Waals surface area contributed by atoms with Gasteiger partial charge in [0.1, 0.15) is 0 Å². The van der Waals surface area contributed by atoms with Crippen molar-refractivity contribution in [2.75, 3.05) is 19.8 Å². The number of hydrogen-bond donors (Lipinski definition) is 1. The van der Waals surface area contributed by atoms with E-state index in [-0.39, 0.29) is 6.61 Å². The number of hydrogen-bond acceptors (Lipinski definition) is 3. The van der Waals surface area contributed by atoms with E-state index in [0.717, 1.165) is 25.9 Å². The van der Waals surface area contributed by atoms with Crippen molar-refractivity contribution in [1.29, 1.82) is 0 Å². The Morgan fingerprint density at radius 1 is 1.62 bits per heavy atom. The average molecular weight is 188 g/mol. The second kappa shape index (κ2) is 4.94. The second-order valence-electron chi connectivity index (χ2n) is 3.79. The molecule has 3 nitrogen and oxygen atoms in total. The van der Waals surface area contributed by atoms with Crippen molar-refractivity contribution in [2.45, 2.75) is 38.9 Å². The van der Waals surface area contributed by atoms with E-state index < -0.39 is 5.79 Å². The highest BCUT2D eigenvalue weighted by Crippen LogP contribution is 2.34. The Labute approximate surface area is 80.0 Å². The van der Waals surface area contributed by atoms with E-state index in [4.69, 9.17) is 14.6 Å². The molecule has 2 unspecified atom stereocenters. The Hall–Kier alpha value is -0.120. The van der Waals surface area contributed by atoms with Crippen LogP contribution < -0.4 is 0 Å². The molecule has 78 valence electrons. The molecule has 0 aromatic rings. The summed E-state index contributed by atoms with van der Waals surface area (Å²) in [7, 11) is 0. The Bertz CT molecular complexity index is 145. The molecule has 0 aromatic heterocycles. The standard InChI is InChI=1S/C10H20O3/c1-3-12-10(5-4-6-11)7-9(2)8-13-10/h9,11H,3-8H2,1-2H3. The van der Waals surface area contributed by atoms with Crippen LogP contribution in [0.1, 0.15) is 33.1 Å². The summed E-state index contributed by atoms with van der Waals surface area (Å²) in [6, 6.07) is 0. The smallest absolute Gasteiger partial charge is 0.168 e. The molecule has 1 fully saturated rings. The summed E-state index contributed by atoms with van der Waals surface area (Å²) in [4.78, 5) is 0. The summed E-state index contributed by atoms with van der Waals surface area (Å²) >= 11 is 0. The Balaban J connectivity index is 2.44. The fraction of sp³-hybridized carbons (Fsp3) is 1.00. The van der Waals surface area contributed by atoms with Crippen molar-refractivity contribution in [3.8, 4) is 0 Å². The lowest BCUT2D eigenvalue weighted by Crippen LogP contribution is -2.32. The summed E-state index contributed by atoms with van der Waals surface area (Å²) in [5.41, 5.74) is 0.